The van der Waals surface area contributed by atoms with Crippen molar-refractivity contribution in [3.8, 4) is 11.3 Å². The van der Waals surface area contributed by atoms with Gasteiger partial charge in [-0.2, -0.15) is 5.10 Å². The number of pyridine rings is 2. The molecule has 4 heterocycles. The predicted molar refractivity (Wildman–Crippen MR) is 103 cm³/mol. The monoisotopic (exact) mass is 381 g/mol. The van der Waals surface area contributed by atoms with Gasteiger partial charge in [0.05, 0.1) is 11.3 Å². The maximum atomic E-state index is 10.9. The van der Waals surface area contributed by atoms with Crippen LogP contribution in [0.5, 0.6) is 0 Å². The topological polar surface area (TPSA) is 86.0 Å². The summed E-state index contributed by atoms with van der Waals surface area (Å²) < 4.78 is 7.22. The lowest BCUT2D eigenvalue weighted by molar-refractivity contribution is -0.191. The second kappa shape index (κ2) is 5.54. The van der Waals surface area contributed by atoms with Crippen LogP contribution in [-0.4, -0.2) is 42.5 Å². The van der Waals surface area contributed by atoms with E-state index in [1.807, 2.05) is 38.4 Å². The van der Waals surface area contributed by atoms with Gasteiger partial charge in [-0.25, -0.2) is 15.0 Å². The molecule has 0 amide bonds. The molecule has 8 heteroatoms. The quantitative estimate of drug-likeness (QED) is 0.587. The largest absolute Gasteiger partial charge is 0.382 e. The van der Waals surface area contributed by atoms with Gasteiger partial charge in [0.2, 0.25) is 0 Å². The van der Waals surface area contributed by atoms with Crippen LogP contribution in [0.25, 0.3) is 32.6 Å². The summed E-state index contributed by atoms with van der Waals surface area (Å²) in [5.41, 5.74) is 2.08. The molecule has 0 aromatic carbocycles. The van der Waals surface area contributed by atoms with E-state index in [-0.39, 0.29) is 5.60 Å². The molecular formula is C19H19N5O2S. The van der Waals surface area contributed by atoms with E-state index in [1.54, 1.807) is 18.0 Å². The van der Waals surface area contributed by atoms with Crippen molar-refractivity contribution >= 4 is 32.7 Å². The van der Waals surface area contributed by atoms with Gasteiger partial charge in [-0.05, 0) is 25.1 Å². The Hall–Kier alpha value is -2.42. The van der Waals surface area contributed by atoms with Gasteiger partial charge in [0.25, 0.3) is 0 Å². The minimum Gasteiger partial charge on any atom is -0.382 e. The number of aliphatic hydroxyl groups is 1. The van der Waals surface area contributed by atoms with Crippen molar-refractivity contribution in [1.29, 1.82) is 0 Å². The van der Waals surface area contributed by atoms with Crippen molar-refractivity contribution < 1.29 is 9.84 Å². The van der Waals surface area contributed by atoms with Gasteiger partial charge in [0.1, 0.15) is 21.0 Å². The average molecular weight is 381 g/mol. The summed E-state index contributed by atoms with van der Waals surface area (Å²) in [6.45, 7) is 2.01. The fourth-order valence-electron chi connectivity index (χ4n) is 3.83. The molecule has 4 aromatic heterocycles. The molecule has 5 rings (SSSR count). The van der Waals surface area contributed by atoms with Gasteiger partial charge < -0.3 is 9.84 Å². The van der Waals surface area contributed by atoms with E-state index in [9.17, 15) is 5.11 Å². The van der Waals surface area contributed by atoms with E-state index >= 15 is 0 Å². The average Bonchev–Trinajstić information content (AvgIpc) is 3.21. The first kappa shape index (κ1) is 16.7. The molecule has 0 saturated heterocycles. The van der Waals surface area contributed by atoms with Gasteiger partial charge in [-0.15, -0.1) is 0 Å². The Morgan fingerprint density at radius 3 is 2.85 bits per heavy atom. The normalized spacial score (nSPS) is 25.2. The van der Waals surface area contributed by atoms with Crippen LogP contribution in [-0.2, 0) is 17.4 Å². The highest BCUT2D eigenvalue weighted by atomic mass is 32.1. The number of nitrogens with zero attached hydrogens (tertiary/aromatic N) is 5. The molecule has 7 nitrogen and oxygen atoms in total. The summed E-state index contributed by atoms with van der Waals surface area (Å²) in [7, 11) is 3.56. The van der Waals surface area contributed by atoms with E-state index in [1.165, 1.54) is 11.3 Å². The fraction of sp³-hybridized carbons (Fsp3) is 0.368. The molecule has 27 heavy (non-hydrogen) atoms. The molecule has 0 aliphatic heterocycles. The number of fused-ring (bicyclic) bond motifs is 2. The minimum absolute atomic E-state index is 0.282. The van der Waals surface area contributed by atoms with E-state index in [0.29, 0.717) is 17.8 Å². The van der Waals surface area contributed by atoms with E-state index < -0.39 is 5.60 Å². The van der Waals surface area contributed by atoms with Crippen LogP contribution in [0.2, 0.25) is 0 Å². The van der Waals surface area contributed by atoms with Crippen molar-refractivity contribution in [1.82, 2.24) is 24.7 Å². The minimum atomic E-state index is -0.924. The van der Waals surface area contributed by atoms with E-state index in [2.05, 4.69) is 15.1 Å². The van der Waals surface area contributed by atoms with E-state index in [4.69, 9.17) is 9.72 Å². The number of aromatic nitrogens is 5. The Labute approximate surface area is 159 Å². The number of hydrogen-bond acceptors (Lipinski definition) is 7. The Kier molecular flexibility index (Phi) is 3.43. The molecule has 0 bridgehead atoms. The molecule has 1 N–H and O–H groups in total. The van der Waals surface area contributed by atoms with Crippen molar-refractivity contribution in [2.75, 3.05) is 7.11 Å². The zero-order valence-electron chi connectivity index (χ0n) is 15.3. The van der Waals surface area contributed by atoms with E-state index in [0.717, 1.165) is 32.6 Å². The van der Waals surface area contributed by atoms with Gasteiger partial charge in [0, 0.05) is 50.3 Å². The van der Waals surface area contributed by atoms with Crippen molar-refractivity contribution in [3.05, 3.63) is 35.6 Å². The zero-order chi connectivity index (χ0) is 18.8. The first-order valence-electron chi connectivity index (χ1n) is 8.73. The third kappa shape index (κ3) is 2.63. The number of methoxy groups -OCH3 is 1. The molecule has 0 spiro atoms. The maximum Gasteiger partial charge on any atom is 0.181 e. The fourth-order valence-corrected chi connectivity index (χ4v) is 4.85. The van der Waals surface area contributed by atoms with Crippen LogP contribution in [0, 0.1) is 0 Å². The van der Waals surface area contributed by atoms with Gasteiger partial charge in [-0.3, -0.25) is 4.68 Å². The number of thiazole rings is 1. The van der Waals surface area contributed by atoms with Crippen LogP contribution < -0.4 is 0 Å². The Balaban J connectivity index is 1.52. The second-order valence-electron chi connectivity index (χ2n) is 7.52. The molecule has 1 aliphatic carbocycles. The summed E-state index contributed by atoms with van der Waals surface area (Å²) in [5, 5.41) is 16.9. The summed E-state index contributed by atoms with van der Waals surface area (Å²) in [6.07, 6.45) is 4.82. The molecule has 0 unspecified atom stereocenters. The molecule has 0 radical (unpaired) electrons. The van der Waals surface area contributed by atoms with Crippen LogP contribution >= 0.6 is 11.3 Å². The summed E-state index contributed by atoms with van der Waals surface area (Å²) in [6, 6.07) is 5.92. The number of rotatable bonds is 3. The van der Waals surface area contributed by atoms with Crippen molar-refractivity contribution in [2.24, 2.45) is 7.05 Å². The Morgan fingerprint density at radius 1 is 1.26 bits per heavy atom. The third-order valence-corrected chi connectivity index (χ3v) is 6.41. The third-order valence-electron chi connectivity index (χ3n) is 5.25. The van der Waals surface area contributed by atoms with Crippen molar-refractivity contribution in [2.45, 2.75) is 31.0 Å². The highest BCUT2D eigenvalue weighted by Crippen LogP contribution is 2.51. The van der Waals surface area contributed by atoms with Crippen LogP contribution in [0.15, 0.2) is 30.6 Å². The summed E-state index contributed by atoms with van der Waals surface area (Å²) in [5.74, 6) is 0. The zero-order valence-corrected chi connectivity index (χ0v) is 16.1. The number of ether oxygens (including phenoxy) is 1. The lowest BCUT2D eigenvalue weighted by atomic mass is 9.68. The molecule has 4 aromatic rings. The molecule has 138 valence electrons. The first-order valence-corrected chi connectivity index (χ1v) is 9.55. The Bertz CT molecular complexity index is 1180. The van der Waals surface area contributed by atoms with Gasteiger partial charge >= 0.3 is 0 Å². The summed E-state index contributed by atoms with van der Waals surface area (Å²) >= 11 is 1.44. The molecule has 1 aliphatic rings. The molecule has 0 atom stereocenters. The number of aryl methyl sites for hydroxylation is 1. The van der Waals surface area contributed by atoms with Crippen LogP contribution in [0.1, 0.15) is 24.8 Å². The highest BCUT2D eigenvalue weighted by Gasteiger charge is 2.54. The van der Waals surface area contributed by atoms with Crippen molar-refractivity contribution in [3.63, 3.8) is 0 Å². The first-order chi connectivity index (χ1) is 12.9. The smallest absolute Gasteiger partial charge is 0.181 e. The maximum absolute atomic E-state index is 10.9. The van der Waals surface area contributed by atoms with Crippen LogP contribution in [0.3, 0.4) is 0 Å². The van der Waals surface area contributed by atoms with Gasteiger partial charge in [0.15, 0.2) is 5.65 Å². The highest BCUT2D eigenvalue weighted by molar-refractivity contribution is 7.18. The molecule has 1 fully saturated rings. The van der Waals surface area contributed by atoms with Crippen LogP contribution in [0.4, 0.5) is 0 Å². The van der Waals surface area contributed by atoms with Gasteiger partial charge in [-0.1, -0.05) is 11.3 Å². The summed E-state index contributed by atoms with van der Waals surface area (Å²) in [4.78, 5) is 14.6. The second-order valence-corrected chi connectivity index (χ2v) is 8.50. The molecular weight excluding hydrogens is 362 g/mol. The Morgan fingerprint density at radius 2 is 2.07 bits per heavy atom. The lowest BCUT2D eigenvalue weighted by Gasteiger charge is -2.49. The number of hydrogen-bond donors (Lipinski definition) is 1. The lowest BCUT2D eigenvalue weighted by Crippen LogP contribution is -2.53. The predicted octanol–water partition coefficient (Wildman–Crippen LogP) is 3.03. The molecule has 1 saturated carbocycles. The SMILES string of the molecule is COC1(C)CC(O)(c2nc3ccc(-c4cnc5nn(C)cc5c4)nc3s2)C1. The standard InChI is InChI=1S/C19H19N5O2S/c1-18(26-3)9-19(25,10-18)17-22-14-5-4-13(21-16(14)27-17)11-6-12-8-24(2)23-15(12)20-7-11/h4-8,25H,9-10H2,1-3H3.